The number of nitrogen functional groups attached to an aromatic ring is 1. The monoisotopic (exact) mass is 296 g/mol. The molecule has 20 heavy (non-hydrogen) atoms. The molecule has 0 heterocycles. The maximum absolute atomic E-state index is 12.5. The molecule has 0 amide bonds. The van der Waals surface area contributed by atoms with Crippen molar-refractivity contribution in [3.05, 3.63) is 23.3 Å². The summed E-state index contributed by atoms with van der Waals surface area (Å²) in [6.45, 7) is 6.34. The Labute approximate surface area is 121 Å². The second kappa shape index (κ2) is 5.37. The summed E-state index contributed by atoms with van der Waals surface area (Å²) >= 11 is 0. The fourth-order valence-corrected chi connectivity index (χ4v) is 4.40. The van der Waals surface area contributed by atoms with Crippen LogP contribution in [0.4, 0.5) is 5.69 Å². The molecule has 0 atom stereocenters. The minimum atomic E-state index is -3.54. The molecule has 5 heteroatoms. The highest BCUT2D eigenvalue weighted by atomic mass is 32.2. The minimum Gasteiger partial charge on any atom is -0.398 e. The molecule has 1 aromatic rings. The van der Waals surface area contributed by atoms with Crippen LogP contribution in [0.5, 0.6) is 0 Å². The van der Waals surface area contributed by atoms with Gasteiger partial charge in [0.15, 0.2) is 0 Å². The molecule has 112 valence electrons. The van der Waals surface area contributed by atoms with E-state index in [-0.39, 0.29) is 10.3 Å². The Bertz CT molecular complexity index is 599. The quantitative estimate of drug-likeness (QED) is 0.821. The van der Waals surface area contributed by atoms with Crippen molar-refractivity contribution in [2.75, 3.05) is 12.3 Å². The first-order chi connectivity index (χ1) is 9.31. The predicted molar refractivity (Wildman–Crippen MR) is 82.1 cm³/mol. The third-order valence-corrected chi connectivity index (χ3v) is 6.38. The zero-order chi connectivity index (χ0) is 15.0. The molecule has 1 aromatic carbocycles. The van der Waals surface area contributed by atoms with Gasteiger partial charge in [-0.05, 0) is 55.7 Å². The van der Waals surface area contributed by atoms with Gasteiger partial charge in [0.25, 0.3) is 0 Å². The van der Waals surface area contributed by atoms with Crippen molar-refractivity contribution in [2.45, 2.75) is 51.3 Å². The average Bonchev–Trinajstić information content (AvgIpc) is 2.33. The van der Waals surface area contributed by atoms with Crippen LogP contribution in [0.15, 0.2) is 17.0 Å². The number of nitrogens with one attached hydrogen (secondary N) is 1. The van der Waals surface area contributed by atoms with E-state index < -0.39 is 10.0 Å². The lowest BCUT2D eigenvalue weighted by molar-refractivity contribution is 0.133. The van der Waals surface area contributed by atoms with Crippen LogP contribution in [0.25, 0.3) is 0 Å². The van der Waals surface area contributed by atoms with Crippen molar-refractivity contribution >= 4 is 15.7 Å². The van der Waals surface area contributed by atoms with Crippen LogP contribution in [0.3, 0.4) is 0 Å². The lowest BCUT2D eigenvalue weighted by atomic mass is 9.67. The smallest absolute Gasteiger partial charge is 0.242 e. The van der Waals surface area contributed by atoms with Gasteiger partial charge in [0.05, 0.1) is 5.69 Å². The van der Waals surface area contributed by atoms with Gasteiger partial charge in [-0.2, -0.15) is 0 Å². The fraction of sp³-hybridized carbons (Fsp3) is 0.600. The van der Waals surface area contributed by atoms with Gasteiger partial charge in [-0.15, -0.1) is 0 Å². The summed E-state index contributed by atoms with van der Waals surface area (Å²) in [7, 11) is -3.54. The fourth-order valence-electron chi connectivity index (χ4n) is 2.82. The van der Waals surface area contributed by atoms with Gasteiger partial charge in [0.2, 0.25) is 10.0 Å². The topological polar surface area (TPSA) is 72.2 Å². The molecule has 4 nitrogen and oxygen atoms in total. The standard InChI is InChI=1S/C15H24N2O2S/c1-4-15(8-5-9-15)10-17-20(18,19)14-12(3)11(2)6-7-13(14)16/h6-7,17H,4-5,8-10,16H2,1-3H3. The van der Waals surface area contributed by atoms with E-state index in [2.05, 4.69) is 11.6 Å². The summed E-state index contributed by atoms with van der Waals surface area (Å²) in [4.78, 5) is 0.239. The molecule has 0 aliphatic heterocycles. The number of hydrogen-bond acceptors (Lipinski definition) is 3. The number of anilines is 1. The molecular weight excluding hydrogens is 272 g/mol. The minimum absolute atomic E-state index is 0.152. The first kappa shape index (κ1) is 15.3. The van der Waals surface area contributed by atoms with E-state index in [0.717, 1.165) is 30.4 Å². The predicted octanol–water partition coefficient (Wildman–Crippen LogP) is 2.74. The molecule has 3 N–H and O–H groups in total. The number of sulfonamides is 1. The normalized spacial score (nSPS) is 17.8. The highest BCUT2D eigenvalue weighted by Crippen LogP contribution is 2.43. The number of rotatable bonds is 5. The van der Waals surface area contributed by atoms with E-state index in [1.54, 1.807) is 13.0 Å². The molecule has 0 unspecified atom stereocenters. The Hall–Kier alpha value is -1.07. The van der Waals surface area contributed by atoms with Crippen LogP contribution in [0, 0.1) is 19.3 Å². The Balaban J connectivity index is 2.25. The summed E-state index contributed by atoms with van der Waals surface area (Å²) in [5, 5.41) is 0. The van der Waals surface area contributed by atoms with Crippen molar-refractivity contribution in [1.82, 2.24) is 4.72 Å². The van der Waals surface area contributed by atoms with E-state index in [1.165, 1.54) is 6.42 Å². The van der Waals surface area contributed by atoms with E-state index >= 15 is 0 Å². The number of nitrogens with two attached hydrogens (primary N) is 1. The molecular formula is C15H24N2O2S. The third kappa shape index (κ3) is 2.69. The molecule has 0 radical (unpaired) electrons. The second-order valence-corrected chi connectivity index (χ2v) is 7.66. The van der Waals surface area contributed by atoms with Crippen LogP contribution in [0.2, 0.25) is 0 Å². The van der Waals surface area contributed by atoms with Gasteiger partial charge in [-0.3, -0.25) is 0 Å². The van der Waals surface area contributed by atoms with Gasteiger partial charge in [0, 0.05) is 6.54 Å². The van der Waals surface area contributed by atoms with E-state index in [4.69, 9.17) is 5.73 Å². The van der Waals surface area contributed by atoms with E-state index in [9.17, 15) is 8.42 Å². The molecule has 1 aliphatic carbocycles. The molecule has 0 spiro atoms. The van der Waals surface area contributed by atoms with Crippen molar-refractivity contribution in [3.63, 3.8) is 0 Å². The summed E-state index contributed by atoms with van der Waals surface area (Å²) in [5.74, 6) is 0. The number of aryl methyl sites for hydroxylation is 1. The van der Waals surface area contributed by atoms with Crippen molar-refractivity contribution < 1.29 is 8.42 Å². The van der Waals surface area contributed by atoms with E-state index in [0.29, 0.717) is 12.2 Å². The molecule has 1 saturated carbocycles. The number of hydrogen-bond donors (Lipinski definition) is 2. The summed E-state index contributed by atoms with van der Waals surface area (Å²) in [6.07, 6.45) is 4.42. The van der Waals surface area contributed by atoms with Crippen LogP contribution in [0.1, 0.15) is 43.7 Å². The Kier molecular flexibility index (Phi) is 4.12. The first-order valence-corrected chi connectivity index (χ1v) is 8.65. The molecule has 0 aromatic heterocycles. The second-order valence-electron chi connectivity index (χ2n) is 5.96. The van der Waals surface area contributed by atoms with Gasteiger partial charge in [0.1, 0.15) is 4.90 Å². The molecule has 0 saturated heterocycles. The largest absolute Gasteiger partial charge is 0.398 e. The molecule has 1 aliphatic rings. The van der Waals surface area contributed by atoms with Crippen molar-refractivity contribution in [2.24, 2.45) is 5.41 Å². The number of benzene rings is 1. The summed E-state index contributed by atoms with van der Waals surface area (Å²) < 4.78 is 27.8. The van der Waals surface area contributed by atoms with Crippen molar-refractivity contribution in [3.8, 4) is 0 Å². The maximum atomic E-state index is 12.5. The van der Waals surface area contributed by atoms with Gasteiger partial charge in [-0.1, -0.05) is 19.4 Å². The van der Waals surface area contributed by atoms with Gasteiger partial charge in [-0.25, -0.2) is 13.1 Å². The Morgan fingerprint density at radius 2 is 1.95 bits per heavy atom. The zero-order valence-electron chi connectivity index (χ0n) is 12.5. The zero-order valence-corrected chi connectivity index (χ0v) is 13.3. The third-order valence-electron chi connectivity index (χ3n) is 4.78. The van der Waals surface area contributed by atoms with Crippen LogP contribution >= 0.6 is 0 Å². The van der Waals surface area contributed by atoms with Crippen LogP contribution < -0.4 is 10.5 Å². The Morgan fingerprint density at radius 3 is 2.45 bits per heavy atom. The summed E-state index contributed by atoms with van der Waals surface area (Å²) in [6, 6.07) is 3.51. The van der Waals surface area contributed by atoms with E-state index in [1.807, 2.05) is 13.0 Å². The molecule has 2 rings (SSSR count). The van der Waals surface area contributed by atoms with Crippen LogP contribution in [-0.4, -0.2) is 15.0 Å². The van der Waals surface area contributed by atoms with Gasteiger partial charge < -0.3 is 5.73 Å². The molecule has 0 bridgehead atoms. The SMILES string of the molecule is CCC1(CNS(=O)(=O)c2c(N)ccc(C)c2C)CCC1. The summed E-state index contributed by atoms with van der Waals surface area (Å²) in [5.41, 5.74) is 8.02. The lowest BCUT2D eigenvalue weighted by Crippen LogP contribution is -2.41. The average molecular weight is 296 g/mol. The first-order valence-electron chi connectivity index (χ1n) is 7.17. The van der Waals surface area contributed by atoms with Crippen molar-refractivity contribution in [1.29, 1.82) is 0 Å². The lowest BCUT2D eigenvalue weighted by Gasteiger charge is -2.41. The van der Waals surface area contributed by atoms with Crippen LogP contribution in [-0.2, 0) is 10.0 Å². The highest BCUT2D eigenvalue weighted by molar-refractivity contribution is 7.89. The highest BCUT2D eigenvalue weighted by Gasteiger charge is 2.36. The molecule has 1 fully saturated rings. The maximum Gasteiger partial charge on any atom is 0.242 e. The van der Waals surface area contributed by atoms with Gasteiger partial charge >= 0.3 is 0 Å². The Morgan fingerprint density at radius 1 is 1.30 bits per heavy atom.